The summed E-state index contributed by atoms with van der Waals surface area (Å²) in [4.78, 5) is 7.83. The van der Waals surface area contributed by atoms with E-state index in [1.165, 1.54) is 37.2 Å². The number of rotatable bonds is 2. The van der Waals surface area contributed by atoms with E-state index in [2.05, 4.69) is 9.88 Å². The molecule has 0 radical (unpaired) electrons. The lowest BCUT2D eigenvalue weighted by molar-refractivity contribution is 0.222. The second-order valence-corrected chi connectivity index (χ2v) is 4.65. The molecule has 1 aromatic heterocycles. The Labute approximate surface area is 107 Å². The van der Waals surface area contributed by atoms with Crippen molar-refractivity contribution >= 4 is 41.3 Å². The van der Waals surface area contributed by atoms with Gasteiger partial charge in [0.05, 0.1) is 0 Å². The SMILES string of the molecule is Cl.Cl.Nc1ncc(CN2CCCCC2)s1. The van der Waals surface area contributed by atoms with Gasteiger partial charge in [-0.2, -0.15) is 0 Å². The number of nitrogens with two attached hydrogens (primary N) is 1. The fraction of sp³-hybridized carbons (Fsp3) is 0.667. The fourth-order valence-corrected chi connectivity index (χ4v) is 2.46. The molecule has 0 amide bonds. The van der Waals surface area contributed by atoms with E-state index in [9.17, 15) is 0 Å². The molecule has 1 saturated heterocycles. The Balaban J connectivity index is 0.000000980. The number of likely N-dealkylation sites (tertiary alicyclic amines) is 1. The molecule has 0 unspecified atom stereocenters. The van der Waals surface area contributed by atoms with Crippen LogP contribution in [0.5, 0.6) is 0 Å². The maximum atomic E-state index is 5.57. The van der Waals surface area contributed by atoms with Gasteiger partial charge in [-0.3, -0.25) is 4.90 Å². The number of nitrogens with zero attached hydrogens (tertiary/aromatic N) is 2. The Bertz CT molecular complexity index is 274. The van der Waals surface area contributed by atoms with Crippen molar-refractivity contribution < 1.29 is 0 Å². The van der Waals surface area contributed by atoms with Gasteiger partial charge in [0.2, 0.25) is 0 Å². The van der Waals surface area contributed by atoms with Crippen molar-refractivity contribution in [3.05, 3.63) is 11.1 Å². The number of thiazole rings is 1. The van der Waals surface area contributed by atoms with Crippen LogP contribution >= 0.6 is 36.2 Å². The van der Waals surface area contributed by atoms with Gasteiger partial charge in [-0.1, -0.05) is 6.42 Å². The zero-order valence-electron chi connectivity index (χ0n) is 8.52. The molecule has 3 nitrogen and oxygen atoms in total. The number of hydrogen-bond donors (Lipinski definition) is 1. The number of halogens is 2. The van der Waals surface area contributed by atoms with Crippen molar-refractivity contribution in [2.45, 2.75) is 25.8 Å². The lowest BCUT2D eigenvalue weighted by Gasteiger charge is -2.25. The first-order valence-corrected chi connectivity index (χ1v) is 5.59. The second kappa shape index (κ2) is 7.28. The highest BCUT2D eigenvalue weighted by Gasteiger charge is 2.11. The molecule has 1 aromatic rings. The molecule has 0 atom stereocenters. The molecule has 2 N–H and O–H groups in total. The Hall–Kier alpha value is -0.0300. The van der Waals surface area contributed by atoms with Crippen LogP contribution in [0, 0.1) is 0 Å². The Morgan fingerprint density at radius 1 is 1.27 bits per heavy atom. The first-order chi connectivity index (χ1) is 6.34. The van der Waals surface area contributed by atoms with Crippen LogP contribution in [0.1, 0.15) is 24.1 Å². The molecular weight excluding hydrogens is 253 g/mol. The first kappa shape index (κ1) is 15.0. The van der Waals surface area contributed by atoms with Crippen LogP contribution < -0.4 is 5.73 Å². The van der Waals surface area contributed by atoms with Gasteiger partial charge in [0.25, 0.3) is 0 Å². The van der Waals surface area contributed by atoms with Gasteiger partial charge in [0.1, 0.15) is 0 Å². The molecule has 6 heteroatoms. The summed E-state index contributed by atoms with van der Waals surface area (Å²) in [6.07, 6.45) is 5.97. The number of aromatic nitrogens is 1. The van der Waals surface area contributed by atoms with E-state index in [0.717, 1.165) is 6.54 Å². The van der Waals surface area contributed by atoms with Crippen LogP contribution in [-0.2, 0) is 6.54 Å². The predicted molar refractivity (Wildman–Crippen MR) is 70.2 cm³/mol. The maximum absolute atomic E-state index is 5.57. The second-order valence-electron chi connectivity index (χ2n) is 3.50. The van der Waals surface area contributed by atoms with Gasteiger partial charge in [0.15, 0.2) is 5.13 Å². The standard InChI is InChI=1S/C9H15N3S.2ClH/c10-9-11-6-8(13-9)7-12-4-2-1-3-5-12;;/h6H,1-5,7H2,(H2,10,11);2*1H. The largest absolute Gasteiger partial charge is 0.375 e. The van der Waals surface area contributed by atoms with E-state index in [1.54, 1.807) is 11.3 Å². The van der Waals surface area contributed by atoms with Gasteiger partial charge in [-0.05, 0) is 25.9 Å². The smallest absolute Gasteiger partial charge is 0.180 e. The highest BCUT2D eigenvalue weighted by molar-refractivity contribution is 7.15. The fourth-order valence-electron chi connectivity index (χ4n) is 1.73. The monoisotopic (exact) mass is 269 g/mol. The summed E-state index contributed by atoms with van der Waals surface area (Å²) in [5.74, 6) is 0. The number of nitrogen functional groups attached to an aromatic ring is 1. The third-order valence-corrected chi connectivity index (χ3v) is 3.21. The molecule has 1 fully saturated rings. The minimum atomic E-state index is 0. The Morgan fingerprint density at radius 2 is 1.93 bits per heavy atom. The molecule has 2 rings (SSSR count). The third-order valence-electron chi connectivity index (χ3n) is 2.40. The molecule has 0 aromatic carbocycles. The van der Waals surface area contributed by atoms with Crippen molar-refractivity contribution in [3.8, 4) is 0 Å². The summed E-state index contributed by atoms with van der Waals surface area (Å²) in [6, 6.07) is 0. The highest BCUT2D eigenvalue weighted by Crippen LogP contribution is 2.18. The van der Waals surface area contributed by atoms with E-state index in [1.807, 2.05) is 6.20 Å². The molecule has 1 aliphatic rings. The highest BCUT2D eigenvalue weighted by atomic mass is 35.5. The first-order valence-electron chi connectivity index (χ1n) is 4.77. The number of piperidine rings is 1. The minimum Gasteiger partial charge on any atom is -0.375 e. The van der Waals surface area contributed by atoms with Crippen molar-refractivity contribution in [2.24, 2.45) is 0 Å². The molecule has 0 spiro atoms. The molecule has 1 aliphatic heterocycles. The number of anilines is 1. The van der Waals surface area contributed by atoms with E-state index in [0.29, 0.717) is 5.13 Å². The predicted octanol–water partition coefficient (Wildman–Crippen LogP) is 2.55. The van der Waals surface area contributed by atoms with Crippen molar-refractivity contribution in [3.63, 3.8) is 0 Å². The third kappa shape index (κ3) is 4.55. The van der Waals surface area contributed by atoms with Crippen molar-refractivity contribution in [1.29, 1.82) is 0 Å². The summed E-state index contributed by atoms with van der Waals surface area (Å²) >= 11 is 1.61. The summed E-state index contributed by atoms with van der Waals surface area (Å²) in [6.45, 7) is 3.50. The summed E-state index contributed by atoms with van der Waals surface area (Å²) in [5, 5.41) is 0.687. The van der Waals surface area contributed by atoms with Gasteiger partial charge >= 0.3 is 0 Å². The van der Waals surface area contributed by atoms with Crippen LogP contribution in [0.2, 0.25) is 0 Å². The van der Waals surface area contributed by atoms with Crippen LogP contribution in [0.4, 0.5) is 5.13 Å². The van der Waals surface area contributed by atoms with E-state index in [-0.39, 0.29) is 24.8 Å². The van der Waals surface area contributed by atoms with Crippen LogP contribution in [0.3, 0.4) is 0 Å². The average molecular weight is 270 g/mol. The molecule has 15 heavy (non-hydrogen) atoms. The maximum Gasteiger partial charge on any atom is 0.180 e. The summed E-state index contributed by atoms with van der Waals surface area (Å²) in [7, 11) is 0. The van der Waals surface area contributed by atoms with Crippen LogP contribution in [-0.4, -0.2) is 23.0 Å². The Kier molecular flexibility index (Phi) is 7.26. The van der Waals surface area contributed by atoms with Gasteiger partial charge in [0, 0.05) is 17.6 Å². The molecule has 2 heterocycles. The lowest BCUT2D eigenvalue weighted by atomic mass is 10.1. The van der Waals surface area contributed by atoms with Crippen LogP contribution in [0.15, 0.2) is 6.20 Å². The van der Waals surface area contributed by atoms with Crippen molar-refractivity contribution in [2.75, 3.05) is 18.8 Å². The zero-order valence-corrected chi connectivity index (χ0v) is 11.0. The zero-order chi connectivity index (χ0) is 9.10. The van der Waals surface area contributed by atoms with Crippen LogP contribution in [0.25, 0.3) is 0 Å². The quantitative estimate of drug-likeness (QED) is 0.898. The normalized spacial score (nSPS) is 16.5. The molecule has 0 saturated carbocycles. The topological polar surface area (TPSA) is 42.1 Å². The van der Waals surface area contributed by atoms with Gasteiger partial charge in [-0.25, -0.2) is 4.98 Å². The van der Waals surface area contributed by atoms with E-state index in [4.69, 9.17) is 5.73 Å². The van der Waals surface area contributed by atoms with Crippen molar-refractivity contribution in [1.82, 2.24) is 9.88 Å². The van der Waals surface area contributed by atoms with Gasteiger partial charge < -0.3 is 5.73 Å². The van der Waals surface area contributed by atoms with E-state index >= 15 is 0 Å². The molecule has 88 valence electrons. The minimum absolute atomic E-state index is 0. The van der Waals surface area contributed by atoms with Gasteiger partial charge in [-0.15, -0.1) is 36.2 Å². The summed E-state index contributed by atoms with van der Waals surface area (Å²) in [5.41, 5.74) is 5.57. The van der Waals surface area contributed by atoms with E-state index < -0.39 is 0 Å². The summed E-state index contributed by atoms with van der Waals surface area (Å²) < 4.78 is 0. The molecular formula is C9H17Cl2N3S. The number of hydrogen-bond acceptors (Lipinski definition) is 4. The Morgan fingerprint density at radius 3 is 2.47 bits per heavy atom. The average Bonchev–Trinajstić information content (AvgIpc) is 2.53. The molecule has 0 aliphatic carbocycles. The lowest BCUT2D eigenvalue weighted by Crippen LogP contribution is -2.28. The molecule has 0 bridgehead atoms.